The van der Waals surface area contributed by atoms with Gasteiger partial charge in [-0.15, -0.1) is 0 Å². The number of hydrogen-bond acceptors (Lipinski definition) is 3. The van der Waals surface area contributed by atoms with Crippen molar-refractivity contribution in [2.24, 2.45) is 0 Å². The summed E-state index contributed by atoms with van der Waals surface area (Å²) >= 11 is 0. The van der Waals surface area contributed by atoms with Gasteiger partial charge in [0.25, 0.3) is 0 Å². The van der Waals surface area contributed by atoms with Crippen molar-refractivity contribution < 1.29 is 14.6 Å². The molecule has 0 aliphatic rings. The zero-order valence-electron chi connectivity index (χ0n) is 12.2. The van der Waals surface area contributed by atoms with Gasteiger partial charge in [-0.05, 0) is 18.1 Å². The molecule has 21 heavy (non-hydrogen) atoms. The molecule has 0 aliphatic heterocycles. The third-order valence-electron chi connectivity index (χ3n) is 3.33. The number of carbonyl (C=O) groups is 1. The van der Waals surface area contributed by atoms with Crippen LogP contribution in [0.2, 0.25) is 0 Å². The lowest BCUT2D eigenvalue weighted by Gasteiger charge is -2.26. The lowest BCUT2D eigenvalue weighted by molar-refractivity contribution is -0.164. The maximum atomic E-state index is 12.2. The Balaban J connectivity index is 2.23. The highest BCUT2D eigenvalue weighted by atomic mass is 16.5. The largest absolute Gasteiger partial charge is 0.464 e. The van der Waals surface area contributed by atoms with Gasteiger partial charge in [0.15, 0.2) is 5.60 Å². The van der Waals surface area contributed by atoms with Crippen molar-refractivity contribution in [1.82, 2.24) is 0 Å². The molecule has 0 radical (unpaired) electrons. The van der Waals surface area contributed by atoms with Crippen LogP contribution < -0.4 is 0 Å². The summed E-state index contributed by atoms with van der Waals surface area (Å²) in [5.41, 5.74) is 0.270. The van der Waals surface area contributed by atoms with Crippen LogP contribution in [0.15, 0.2) is 60.7 Å². The molecule has 0 atom stereocenters. The fourth-order valence-electron chi connectivity index (χ4n) is 2.34. The molecule has 3 nitrogen and oxygen atoms in total. The minimum Gasteiger partial charge on any atom is -0.464 e. The van der Waals surface area contributed by atoms with Crippen molar-refractivity contribution in [1.29, 1.82) is 0 Å². The molecule has 2 aromatic rings. The van der Waals surface area contributed by atoms with Gasteiger partial charge in [-0.2, -0.15) is 0 Å². The molecule has 0 spiro atoms. The standard InChI is InChI=1S/C18H20O3/c1-2-21-17(19)18(20,13-15-9-5-3-6-10-15)14-16-11-7-4-8-12-16/h3-12,20H,2,13-14H2,1H3. The summed E-state index contributed by atoms with van der Waals surface area (Å²) < 4.78 is 5.06. The van der Waals surface area contributed by atoms with E-state index < -0.39 is 11.6 Å². The highest BCUT2D eigenvalue weighted by Crippen LogP contribution is 2.21. The third-order valence-corrected chi connectivity index (χ3v) is 3.33. The Morgan fingerprint density at radius 2 is 1.38 bits per heavy atom. The monoisotopic (exact) mass is 284 g/mol. The van der Waals surface area contributed by atoms with Crippen LogP contribution in [-0.2, 0) is 22.4 Å². The first-order chi connectivity index (χ1) is 10.1. The first-order valence-electron chi connectivity index (χ1n) is 7.11. The van der Waals surface area contributed by atoms with E-state index in [1.807, 2.05) is 60.7 Å². The molecule has 0 unspecified atom stereocenters. The number of hydrogen-bond donors (Lipinski definition) is 1. The summed E-state index contributed by atoms with van der Waals surface area (Å²) in [5.74, 6) is -0.572. The molecule has 2 rings (SSSR count). The normalized spacial score (nSPS) is 11.1. The maximum Gasteiger partial charge on any atom is 0.338 e. The van der Waals surface area contributed by atoms with Gasteiger partial charge in [-0.25, -0.2) is 4.79 Å². The summed E-state index contributed by atoms with van der Waals surface area (Å²) in [6, 6.07) is 19.0. The molecule has 0 aliphatic carbocycles. The minimum absolute atomic E-state index is 0.238. The number of carbonyl (C=O) groups excluding carboxylic acids is 1. The lowest BCUT2D eigenvalue weighted by atomic mass is 9.88. The van der Waals surface area contributed by atoms with E-state index in [2.05, 4.69) is 0 Å². The summed E-state index contributed by atoms with van der Waals surface area (Å²) in [6.45, 7) is 1.99. The number of esters is 1. The minimum atomic E-state index is -1.54. The zero-order valence-corrected chi connectivity index (χ0v) is 12.2. The maximum absolute atomic E-state index is 12.2. The molecule has 2 aromatic carbocycles. The Morgan fingerprint density at radius 3 is 1.76 bits per heavy atom. The molecule has 0 aromatic heterocycles. The molecule has 0 bridgehead atoms. The molecule has 0 fully saturated rings. The first kappa shape index (κ1) is 15.3. The molecule has 110 valence electrons. The van der Waals surface area contributed by atoms with Crippen LogP contribution in [0.3, 0.4) is 0 Å². The van der Waals surface area contributed by atoms with Crippen molar-refractivity contribution in [2.45, 2.75) is 25.4 Å². The Kier molecular flexibility index (Phi) is 5.12. The van der Waals surface area contributed by atoms with Crippen molar-refractivity contribution in [2.75, 3.05) is 6.61 Å². The topological polar surface area (TPSA) is 46.5 Å². The van der Waals surface area contributed by atoms with Crippen LogP contribution in [-0.4, -0.2) is 23.3 Å². The Bertz CT molecular complexity index is 522. The average molecular weight is 284 g/mol. The Labute approximate surface area is 125 Å². The van der Waals surface area contributed by atoms with E-state index in [9.17, 15) is 9.90 Å². The summed E-state index contributed by atoms with van der Waals surface area (Å²) in [6.07, 6.45) is 0.475. The molecule has 0 heterocycles. The lowest BCUT2D eigenvalue weighted by Crippen LogP contribution is -2.44. The van der Waals surface area contributed by atoms with Crippen LogP contribution in [0.5, 0.6) is 0 Å². The Morgan fingerprint density at radius 1 is 0.952 bits per heavy atom. The first-order valence-corrected chi connectivity index (χ1v) is 7.11. The fraction of sp³-hybridized carbons (Fsp3) is 0.278. The van der Waals surface area contributed by atoms with Gasteiger partial charge in [0.1, 0.15) is 0 Å². The molecular weight excluding hydrogens is 264 g/mol. The van der Waals surface area contributed by atoms with E-state index in [1.54, 1.807) is 6.92 Å². The highest BCUT2D eigenvalue weighted by Gasteiger charge is 2.37. The third kappa shape index (κ3) is 4.17. The molecule has 1 N–H and O–H groups in total. The number of aliphatic hydroxyl groups is 1. The van der Waals surface area contributed by atoms with Crippen LogP contribution in [0, 0.1) is 0 Å². The highest BCUT2D eigenvalue weighted by molar-refractivity contribution is 5.80. The molecular formula is C18H20O3. The van der Waals surface area contributed by atoms with Crippen molar-refractivity contribution >= 4 is 5.97 Å². The second kappa shape index (κ2) is 7.04. The quantitative estimate of drug-likeness (QED) is 0.830. The van der Waals surface area contributed by atoms with Crippen LogP contribution in [0.25, 0.3) is 0 Å². The van der Waals surface area contributed by atoms with E-state index in [0.717, 1.165) is 11.1 Å². The van der Waals surface area contributed by atoms with Crippen LogP contribution in [0.1, 0.15) is 18.1 Å². The summed E-state index contributed by atoms with van der Waals surface area (Å²) in [4.78, 5) is 12.2. The summed E-state index contributed by atoms with van der Waals surface area (Å²) in [7, 11) is 0. The number of ether oxygens (including phenoxy) is 1. The molecule has 0 amide bonds. The van der Waals surface area contributed by atoms with Gasteiger partial charge < -0.3 is 9.84 Å². The van der Waals surface area contributed by atoms with E-state index in [1.165, 1.54) is 0 Å². The van der Waals surface area contributed by atoms with E-state index in [-0.39, 0.29) is 19.4 Å². The number of benzene rings is 2. The predicted molar refractivity (Wildman–Crippen MR) is 81.9 cm³/mol. The van der Waals surface area contributed by atoms with Gasteiger partial charge in [0, 0.05) is 12.8 Å². The van der Waals surface area contributed by atoms with Gasteiger partial charge >= 0.3 is 5.97 Å². The fourth-order valence-corrected chi connectivity index (χ4v) is 2.34. The van der Waals surface area contributed by atoms with Crippen molar-refractivity contribution in [3.05, 3.63) is 71.8 Å². The van der Waals surface area contributed by atoms with E-state index >= 15 is 0 Å². The smallest absolute Gasteiger partial charge is 0.338 e. The number of rotatable bonds is 6. The van der Waals surface area contributed by atoms with Crippen LogP contribution in [0.4, 0.5) is 0 Å². The SMILES string of the molecule is CCOC(=O)C(O)(Cc1ccccc1)Cc1ccccc1. The summed E-state index contributed by atoms with van der Waals surface area (Å²) in [5, 5.41) is 10.8. The zero-order chi connectivity index (χ0) is 15.1. The Hall–Kier alpha value is -2.13. The molecule has 0 saturated heterocycles. The average Bonchev–Trinajstić information content (AvgIpc) is 2.49. The van der Waals surface area contributed by atoms with Crippen molar-refractivity contribution in [3.63, 3.8) is 0 Å². The molecule has 3 heteroatoms. The van der Waals surface area contributed by atoms with E-state index in [4.69, 9.17) is 4.74 Å². The predicted octanol–water partition coefficient (Wildman–Crippen LogP) is 2.77. The van der Waals surface area contributed by atoms with Crippen LogP contribution >= 0.6 is 0 Å². The van der Waals surface area contributed by atoms with Gasteiger partial charge in [-0.1, -0.05) is 60.7 Å². The van der Waals surface area contributed by atoms with Gasteiger partial charge in [-0.3, -0.25) is 0 Å². The van der Waals surface area contributed by atoms with Gasteiger partial charge in [0.2, 0.25) is 0 Å². The van der Waals surface area contributed by atoms with Gasteiger partial charge in [0.05, 0.1) is 6.61 Å². The second-order valence-electron chi connectivity index (χ2n) is 5.08. The van der Waals surface area contributed by atoms with Crippen molar-refractivity contribution in [3.8, 4) is 0 Å². The second-order valence-corrected chi connectivity index (χ2v) is 5.08. The molecule has 0 saturated carbocycles. The van der Waals surface area contributed by atoms with E-state index in [0.29, 0.717) is 0 Å².